The normalized spacial score (nSPS) is 10.1. The van der Waals surface area contributed by atoms with E-state index in [1.807, 2.05) is 41.8 Å². The number of thiophene rings is 1. The molecule has 5 heteroatoms. The van der Waals surface area contributed by atoms with Crippen LogP contribution in [-0.2, 0) is 6.54 Å². The van der Waals surface area contributed by atoms with E-state index in [1.54, 1.807) is 11.3 Å². The van der Waals surface area contributed by atoms with Crippen molar-refractivity contribution >= 4 is 23.1 Å². The summed E-state index contributed by atoms with van der Waals surface area (Å²) in [6, 6.07) is 11.2. The van der Waals surface area contributed by atoms with Crippen molar-refractivity contribution in [2.45, 2.75) is 26.3 Å². The van der Waals surface area contributed by atoms with Crippen molar-refractivity contribution in [1.82, 2.24) is 5.32 Å². The van der Waals surface area contributed by atoms with Gasteiger partial charge in [0.1, 0.15) is 5.75 Å². The summed E-state index contributed by atoms with van der Waals surface area (Å²) in [6.07, 6.45) is 2.16. The van der Waals surface area contributed by atoms with Crippen LogP contribution in [0, 0.1) is 0 Å². The minimum atomic E-state index is -0.206. The van der Waals surface area contributed by atoms with Crippen molar-refractivity contribution in [1.29, 1.82) is 0 Å². The molecule has 0 spiro atoms. The summed E-state index contributed by atoms with van der Waals surface area (Å²) in [4.78, 5) is 12.9. The topological polar surface area (TPSA) is 50.4 Å². The summed E-state index contributed by atoms with van der Waals surface area (Å²) in [5, 5.41) is 7.61. The van der Waals surface area contributed by atoms with Gasteiger partial charge in [-0.05, 0) is 42.1 Å². The van der Waals surface area contributed by atoms with Crippen LogP contribution in [-0.4, -0.2) is 12.6 Å². The van der Waals surface area contributed by atoms with Crippen LogP contribution < -0.4 is 15.4 Å². The van der Waals surface area contributed by atoms with Crippen molar-refractivity contribution in [2.75, 3.05) is 11.9 Å². The van der Waals surface area contributed by atoms with Crippen molar-refractivity contribution in [3.63, 3.8) is 0 Å². The maximum atomic E-state index is 11.8. The molecule has 0 atom stereocenters. The van der Waals surface area contributed by atoms with Gasteiger partial charge in [-0.2, -0.15) is 0 Å². The van der Waals surface area contributed by atoms with E-state index >= 15 is 0 Å². The summed E-state index contributed by atoms with van der Waals surface area (Å²) < 4.78 is 5.58. The Hall–Kier alpha value is -2.01. The second kappa shape index (κ2) is 8.32. The molecule has 2 N–H and O–H groups in total. The lowest BCUT2D eigenvalue weighted by molar-refractivity contribution is 0.252. The Morgan fingerprint density at radius 3 is 2.71 bits per heavy atom. The van der Waals surface area contributed by atoms with Crippen LogP contribution in [0.15, 0.2) is 41.8 Å². The highest BCUT2D eigenvalue weighted by Gasteiger charge is 2.02. The molecule has 0 unspecified atom stereocenters. The highest BCUT2D eigenvalue weighted by Crippen LogP contribution is 2.16. The third kappa shape index (κ3) is 5.47. The average molecular weight is 304 g/mol. The van der Waals surface area contributed by atoms with E-state index in [0.717, 1.165) is 35.8 Å². The Labute approximate surface area is 129 Å². The second-order valence-electron chi connectivity index (χ2n) is 4.61. The standard InChI is InChI=1S/C16H20N2O2S/c1-2-3-10-20-14-8-6-13(7-9-14)18-16(19)17-12-15-5-4-11-21-15/h4-9,11H,2-3,10,12H2,1H3,(H2,17,18,19). The number of urea groups is 1. The van der Waals surface area contributed by atoms with Gasteiger partial charge in [0.05, 0.1) is 13.2 Å². The molecule has 0 aliphatic heterocycles. The number of rotatable bonds is 7. The molecule has 2 rings (SSSR count). The molecule has 0 aliphatic carbocycles. The number of unbranched alkanes of at least 4 members (excludes halogenated alkanes) is 1. The van der Waals surface area contributed by atoms with Gasteiger partial charge in [-0.25, -0.2) is 4.79 Å². The number of ether oxygens (including phenoxy) is 1. The molecule has 0 radical (unpaired) electrons. The van der Waals surface area contributed by atoms with E-state index in [0.29, 0.717) is 6.54 Å². The highest BCUT2D eigenvalue weighted by molar-refractivity contribution is 7.09. The average Bonchev–Trinajstić information content (AvgIpc) is 3.01. The molecule has 21 heavy (non-hydrogen) atoms. The highest BCUT2D eigenvalue weighted by atomic mass is 32.1. The smallest absolute Gasteiger partial charge is 0.319 e. The first kappa shape index (κ1) is 15.4. The van der Waals surface area contributed by atoms with Crippen LogP contribution in [0.1, 0.15) is 24.6 Å². The first-order chi connectivity index (χ1) is 10.3. The van der Waals surface area contributed by atoms with Gasteiger partial charge in [-0.3, -0.25) is 0 Å². The monoisotopic (exact) mass is 304 g/mol. The molecule has 0 saturated heterocycles. The van der Waals surface area contributed by atoms with Crippen LogP contribution in [0.4, 0.5) is 10.5 Å². The van der Waals surface area contributed by atoms with Crippen LogP contribution in [0.5, 0.6) is 5.75 Å². The van der Waals surface area contributed by atoms with Gasteiger partial charge >= 0.3 is 6.03 Å². The van der Waals surface area contributed by atoms with Crippen LogP contribution in [0.25, 0.3) is 0 Å². The minimum absolute atomic E-state index is 0.206. The van der Waals surface area contributed by atoms with E-state index in [2.05, 4.69) is 17.6 Å². The van der Waals surface area contributed by atoms with Crippen LogP contribution in [0.2, 0.25) is 0 Å². The van der Waals surface area contributed by atoms with Gasteiger partial charge in [0.25, 0.3) is 0 Å². The van der Waals surface area contributed by atoms with Gasteiger partial charge in [-0.1, -0.05) is 19.4 Å². The number of benzene rings is 1. The number of hydrogen-bond acceptors (Lipinski definition) is 3. The third-order valence-corrected chi connectivity index (χ3v) is 3.76. The van der Waals surface area contributed by atoms with Gasteiger partial charge in [0.2, 0.25) is 0 Å². The molecule has 1 aromatic heterocycles. The molecule has 2 aromatic rings. The lowest BCUT2D eigenvalue weighted by atomic mass is 10.3. The Balaban J connectivity index is 1.75. The summed E-state index contributed by atoms with van der Waals surface area (Å²) in [6.45, 7) is 3.40. The SMILES string of the molecule is CCCCOc1ccc(NC(=O)NCc2cccs2)cc1. The number of anilines is 1. The number of carbonyl (C=O) groups is 1. The fourth-order valence-corrected chi connectivity index (χ4v) is 2.37. The Morgan fingerprint density at radius 2 is 2.05 bits per heavy atom. The van der Waals surface area contributed by atoms with Crippen molar-refractivity contribution in [3.8, 4) is 5.75 Å². The fourth-order valence-electron chi connectivity index (χ4n) is 1.72. The lowest BCUT2D eigenvalue weighted by Crippen LogP contribution is -2.27. The molecular weight excluding hydrogens is 284 g/mol. The Kier molecular flexibility index (Phi) is 6.09. The molecule has 2 amide bonds. The number of amides is 2. The minimum Gasteiger partial charge on any atom is -0.494 e. The van der Waals surface area contributed by atoms with E-state index in [1.165, 1.54) is 0 Å². The van der Waals surface area contributed by atoms with Crippen molar-refractivity contribution in [2.24, 2.45) is 0 Å². The van der Waals surface area contributed by atoms with E-state index in [4.69, 9.17) is 4.74 Å². The predicted molar refractivity (Wildman–Crippen MR) is 87.0 cm³/mol. The predicted octanol–water partition coefficient (Wildman–Crippen LogP) is 4.25. The molecule has 0 aliphatic rings. The summed E-state index contributed by atoms with van der Waals surface area (Å²) >= 11 is 1.62. The summed E-state index contributed by atoms with van der Waals surface area (Å²) in [5.74, 6) is 0.827. The van der Waals surface area contributed by atoms with Crippen molar-refractivity contribution < 1.29 is 9.53 Å². The molecular formula is C16H20N2O2S. The van der Waals surface area contributed by atoms with Crippen LogP contribution in [0.3, 0.4) is 0 Å². The zero-order valence-corrected chi connectivity index (χ0v) is 12.9. The first-order valence-electron chi connectivity index (χ1n) is 7.08. The lowest BCUT2D eigenvalue weighted by Gasteiger charge is -2.08. The third-order valence-electron chi connectivity index (χ3n) is 2.88. The van der Waals surface area contributed by atoms with Crippen molar-refractivity contribution in [3.05, 3.63) is 46.7 Å². The molecule has 4 nitrogen and oxygen atoms in total. The van der Waals surface area contributed by atoms with E-state index in [9.17, 15) is 4.79 Å². The first-order valence-corrected chi connectivity index (χ1v) is 7.96. The van der Waals surface area contributed by atoms with Gasteiger partial charge in [0, 0.05) is 10.6 Å². The molecule has 0 fully saturated rings. The molecule has 1 heterocycles. The van der Waals surface area contributed by atoms with Gasteiger partial charge in [-0.15, -0.1) is 11.3 Å². The van der Waals surface area contributed by atoms with Gasteiger partial charge < -0.3 is 15.4 Å². The summed E-state index contributed by atoms with van der Waals surface area (Å²) in [5.41, 5.74) is 0.751. The second-order valence-corrected chi connectivity index (χ2v) is 5.65. The van der Waals surface area contributed by atoms with Gasteiger partial charge in [0.15, 0.2) is 0 Å². The maximum Gasteiger partial charge on any atom is 0.319 e. The number of carbonyl (C=O) groups excluding carboxylic acids is 1. The Bertz CT molecular complexity index is 538. The van der Waals surface area contributed by atoms with E-state index in [-0.39, 0.29) is 6.03 Å². The molecule has 0 bridgehead atoms. The molecule has 0 saturated carbocycles. The fraction of sp³-hybridized carbons (Fsp3) is 0.312. The summed E-state index contributed by atoms with van der Waals surface area (Å²) in [7, 11) is 0. The molecule has 112 valence electrons. The van der Waals surface area contributed by atoms with E-state index < -0.39 is 0 Å². The Morgan fingerprint density at radius 1 is 1.24 bits per heavy atom. The number of nitrogens with one attached hydrogen (secondary N) is 2. The molecule has 1 aromatic carbocycles. The quantitative estimate of drug-likeness (QED) is 0.751. The maximum absolute atomic E-state index is 11.8. The number of hydrogen-bond donors (Lipinski definition) is 2. The zero-order valence-electron chi connectivity index (χ0n) is 12.1. The van der Waals surface area contributed by atoms with Crippen LogP contribution >= 0.6 is 11.3 Å². The zero-order chi connectivity index (χ0) is 14.9. The largest absolute Gasteiger partial charge is 0.494 e.